The Hall–Kier alpha value is -7.86. The quantitative estimate of drug-likeness (QED) is 0.0592. The van der Waals surface area contributed by atoms with Crippen LogP contribution in [0.25, 0.3) is 0 Å². The molecule has 0 bridgehead atoms. The Kier molecular flexibility index (Phi) is 13.1. The van der Waals surface area contributed by atoms with Crippen LogP contribution in [0.5, 0.6) is 11.8 Å². The van der Waals surface area contributed by atoms with Crippen molar-refractivity contribution >= 4 is 34.8 Å². The number of anilines is 4. The minimum Gasteiger partial charge on any atom is -0.494 e. The average molecular weight is 935 g/mol. The van der Waals surface area contributed by atoms with Crippen LogP contribution in [0.2, 0.25) is 0 Å². The van der Waals surface area contributed by atoms with Crippen LogP contribution in [0.15, 0.2) is 109 Å². The van der Waals surface area contributed by atoms with Gasteiger partial charge in [-0.15, -0.1) is 0 Å². The van der Waals surface area contributed by atoms with Gasteiger partial charge in [-0.1, -0.05) is 74.9 Å². The fourth-order valence-electron chi connectivity index (χ4n) is 8.87. The predicted octanol–water partition coefficient (Wildman–Crippen LogP) is 12.2. The summed E-state index contributed by atoms with van der Waals surface area (Å²) in [7, 11) is 0. The van der Waals surface area contributed by atoms with Gasteiger partial charge in [0.25, 0.3) is 0 Å². The zero-order chi connectivity index (χ0) is 48.3. The first-order valence-corrected chi connectivity index (χ1v) is 22.0. The van der Waals surface area contributed by atoms with Crippen molar-refractivity contribution in [3.05, 3.63) is 154 Å². The molecule has 0 saturated heterocycles. The third-order valence-corrected chi connectivity index (χ3v) is 12.3. The molecular formula is C50H44F6N8O4. The van der Waals surface area contributed by atoms with E-state index in [2.05, 4.69) is 10.6 Å². The lowest BCUT2D eigenvalue weighted by Crippen LogP contribution is -2.44. The predicted molar refractivity (Wildman–Crippen MR) is 239 cm³/mol. The molecule has 0 saturated carbocycles. The number of urea groups is 2. The number of fused-ring (bicyclic) bond motifs is 2. The molecule has 68 heavy (non-hydrogen) atoms. The van der Waals surface area contributed by atoms with E-state index in [1.807, 2.05) is 12.1 Å². The molecule has 0 fully saturated rings. The van der Waals surface area contributed by atoms with Gasteiger partial charge in [-0.2, -0.15) is 36.9 Å². The van der Waals surface area contributed by atoms with Crippen LogP contribution in [0, 0.1) is 22.7 Å². The molecule has 8 rings (SSSR count). The number of aromatic nitrogens is 2. The van der Waals surface area contributed by atoms with Crippen molar-refractivity contribution in [2.75, 3.05) is 9.80 Å². The molecule has 0 aliphatic carbocycles. The smallest absolute Gasteiger partial charge is 0.416 e. The van der Waals surface area contributed by atoms with Crippen molar-refractivity contribution < 1.29 is 46.1 Å². The summed E-state index contributed by atoms with van der Waals surface area (Å²) in [6.07, 6.45) is 0.330. The first-order chi connectivity index (χ1) is 32.6. The van der Waals surface area contributed by atoms with Gasteiger partial charge in [-0.25, -0.2) is 9.59 Å². The number of nitrogens with one attached hydrogen (secondary N) is 2. The number of carbonyl (C=O) groups excluding carboxylic acids is 2. The van der Waals surface area contributed by atoms with E-state index in [0.717, 1.165) is 72.6 Å². The summed E-state index contributed by atoms with van der Waals surface area (Å²) in [6, 6.07) is 22.7. The third-order valence-electron chi connectivity index (χ3n) is 12.3. The topological polar surface area (TPSA) is 163 Å². The Morgan fingerprint density at radius 3 is 1.22 bits per heavy atom. The van der Waals surface area contributed by atoms with Gasteiger partial charge in [0.15, 0.2) is 11.8 Å². The van der Waals surface area contributed by atoms with Crippen molar-refractivity contribution in [3.8, 4) is 23.9 Å². The summed E-state index contributed by atoms with van der Waals surface area (Å²) in [4.78, 5) is 29.5. The standard InChI is InChI=1S/C50H44F6N8O4/c51-49(52,53)35-11-9-13-37(25-35)63-39-29-61(45(65)41(39)43(59-47(63)67)33-19-15-31(27-57)16-20-33)23-7-5-3-1-2-4-6-8-24-62-30-40-42(46(62)66)44(34-21-17-32(28-58)18-22-34)60-48(68)64(40)38-14-10-12-36(26-38)50(54,55)56/h9-22,25-26,29-30,43-44,65-66H,1-8,23-24H2,(H,59,67)(H,60,68)/t43-,44-/m1/s1. The Morgan fingerprint density at radius 1 is 0.529 bits per heavy atom. The van der Waals surface area contributed by atoms with Crippen LogP contribution in [0.4, 0.5) is 58.7 Å². The van der Waals surface area contributed by atoms with Crippen LogP contribution < -0.4 is 20.4 Å². The number of amides is 4. The number of aryl methyl sites for hydroxylation is 2. The second-order valence-corrected chi connectivity index (χ2v) is 16.7. The lowest BCUT2D eigenvalue weighted by molar-refractivity contribution is -0.138. The molecule has 6 aromatic rings. The Balaban J connectivity index is 0.887. The summed E-state index contributed by atoms with van der Waals surface area (Å²) in [5.41, 5.74) is 1.09. The van der Waals surface area contributed by atoms with Gasteiger partial charge < -0.3 is 30.0 Å². The van der Waals surface area contributed by atoms with Gasteiger partial charge >= 0.3 is 24.4 Å². The molecule has 0 unspecified atom stereocenters. The summed E-state index contributed by atoms with van der Waals surface area (Å²) in [5.74, 6) is -0.283. The van der Waals surface area contributed by atoms with Gasteiger partial charge in [0.1, 0.15) is 0 Å². The maximum atomic E-state index is 13.7. The molecule has 4 heterocycles. The second kappa shape index (κ2) is 19.2. The van der Waals surface area contributed by atoms with Crippen LogP contribution in [0.1, 0.15) is 108 Å². The van der Waals surface area contributed by atoms with Gasteiger partial charge in [-0.05, 0) is 84.6 Å². The number of aromatic hydroxyl groups is 2. The minimum absolute atomic E-state index is 0.0268. The number of carbonyl (C=O) groups is 2. The van der Waals surface area contributed by atoms with E-state index in [1.165, 1.54) is 24.3 Å². The fraction of sp³-hybridized carbons (Fsp3) is 0.280. The SMILES string of the molecule is N#Cc1ccc([C@H]2NC(=O)N(c3cccc(C(F)(F)F)c3)c3cn(CCCCCCCCCCn4cc5c(c4O)[C@@H](c4ccc(C#N)cc4)NC(=O)N5c4cccc(C(F)(F)F)c4)c(O)c32)cc1. The van der Waals surface area contributed by atoms with E-state index in [9.17, 15) is 56.7 Å². The second-order valence-electron chi connectivity index (χ2n) is 16.7. The number of halogens is 6. The Morgan fingerprint density at radius 2 is 0.882 bits per heavy atom. The molecular weight excluding hydrogens is 891 g/mol. The minimum atomic E-state index is -4.65. The Bertz CT molecular complexity index is 2710. The molecule has 4 amide bonds. The average Bonchev–Trinajstić information content (AvgIpc) is 3.83. The van der Waals surface area contributed by atoms with E-state index in [-0.39, 0.29) is 34.5 Å². The van der Waals surface area contributed by atoms with E-state index < -0.39 is 47.6 Å². The molecule has 4 N–H and O–H groups in total. The monoisotopic (exact) mass is 934 g/mol. The lowest BCUT2D eigenvalue weighted by atomic mass is 9.96. The van der Waals surface area contributed by atoms with E-state index in [1.54, 1.807) is 70.1 Å². The molecule has 2 aliphatic heterocycles. The molecule has 12 nitrogen and oxygen atoms in total. The third kappa shape index (κ3) is 9.53. The van der Waals surface area contributed by atoms with Crippen molar-refractivity contribution in [1.82, 2.24) is 19.8 Å². The first-order valence-electron chi connectivity index (χ1n) is 22.0. The summed E-state index contributed by atoms with van der Waals surface area (Å²) in [5, 5.41) is 47.4. The number of unbranched alkanes of at least 4 members (excludes halogenated alkanes) is 7. The Labute approximate surface area is 386 Å². The number of nitrogens with zero attached hydrogens (tertiary/aromatic N) is 6. The highest BCUT2D eigenvalue weighted by atomic mass is 19.4. The van der Waals surface area contributed by atoms with Gasteiger partial charge in [0.2, 0.25) is 0 Å². The summed E-state index contributed by atoms with van der Waals surface area (Å²) >= 11 is 0. The number of alkyl halides is 6. The molecule has 2 aromatic heterocycles. The van der Waals surface area contributed by atoms with Crippen molar-refractivity contribution in [3.63, 3.8) is 0 Å². The van der Waals surface area contributed by atoms with Crippen LogP contribution in [0.3, 0.4) is 0 Å². The van der Waals surface area contributed by atoms with E-state index in [0.29, 0.717) is 59.3 Å². The molecule has 4 aromatic carbocycles. The molecule has 2 aliphatic rings. The van der Waals surface area contributed by atoms with Crippen molar-refractivity contribution in [1.29, 1.82) is 10.5 Å². The number of benzene rings is 4. The van der Waals surface area contributed by atoms with Crippen molar-refractivity contribution in [2.45, 2.75) is 88.9 Å². The summed E-state index contributed by atoms with van der Waals surface area (Å²) in [6.45, 7) is 0.735. The highest BCUT2D eigenvalue weighted by molar-refractivity contribution is 6.04. The number of nitriles is 2. The summed E-state index contributed by atoms with van der Waals surface area (Å²) < 4.78 is 85.4. The molecule has 350 valence electrons. The normalized spacial score (nSPS) is 15.8. The molecule has 0 spiro atoms. The zero-order valence-electron chi connectivity index (χ0n) is 36.3. The van der Waals surface area contributed by atoms with Gasteiger partial charge in [0, 0.05) is 25.5 Å². The van der Waals surface area contributed by atoms with Crippen molar-refractivity contribution in [2.24, 2.45) is 0 Å². The fourth-order valence-corrected chi connectivity index (χ4v) is 8.87. The van der Waals surface area contributed by atoms with Crippen LogP contribution in [-0.4, -0.2) is 31.4 Å². The number of hydrogen-bond acceptors (Lipinski definition) is 6. The highest BCUT2D eigenvalue weighted by Crippen LogP contribution is 2.48. The van der Waals surface area contributed by atoms with E-state index >= 15 is 0 Å². The molecule has 0 radical (unpaired) electrons. The number of hydrogen-bond donors (Lipinski definition) is 4. The van der Waals surface area contributed by atoms with Crippen LogP contribution in [-0.2, 0) is 25.4 Å². The lowest BCUT2D eigenvalue weighted by Gasteiger charge is -2.33. The first kappa shape index (κ1) is 46.7. The highest BCUT2D eigenvalue weighted by Gasteiger charge is 2.41. The molecule has 18 heteroatoms. The maximum Gasteiger partial charge on any atom is 0.416 e. The number of rotatable bonds is 15. The van der Waals surface area contributed by atoms with Gasteiger partial charge in [-0.3, -0.25) is 9.80 Å². The largest absolute Gasteiger partial charge is 0.494 e. The zero-order valence-corrected chi connectivity index (χ0v) is 36.3. The maximum absolute atomic E-state index is 13.7. The molecule has 2 atom stereocenters. The van der Waals surface area contributed by atoms with Gasteiger partial charge in [0.05, 0.1) is 80.4 Å². The van der Waals surface area contributed by atoms with E-state index in [4.69, 9.17) is 0 Å². The van der Waals surface area contributed by atoms with Crippen LogP contribution >= 0.6 is 0 Å².